The van der Waals surface area contributed by atoms with Gasteiger partial charge in [0.2, 0.25) is 0 Å². The van der Waals surface area contributed by atoms with Crippen molar-refractivity contribution in [2.45, 2.75) is 33.7 Å². The maximum absolute atomic E-state index is 5.98. The minimum atomic E-state index is 0.230. The van der Waals surface area contributed by atoms with E-state index < -0.39 is 0 Å². The fraction of sp³-hybridized carbons (Fsp3) is 0.611. The molecule has 5 nitrogen and oxygen atoms in total. The molecule has 0 bridgehead atoms. The van der Waals surface area contributed by atoms with Crippen LogP contribution in [0.1, 0.15) is 39.3 Å². The molecule has 1 aromatic rings. The standard InChI is InChI=1S/C18H32N4O/c1-6-22(7-2)17(13-21-18(19)20-12-14(3)4)15-9-8-10-16(11-15)23-5/h8-11,14,17H,6-7,12-13H2,1-5H3,(H3,19,20,21). The van der Waals surface area contributed by atoms with Crippen LogP contribution in [0.2, 0.25) is 0 Å². The number of nitrogens with zero attached hydrogens (tertiary/aromatic N) is 2. The smallest absolute Gasteiger partial charge is 0.188 e. The molecule has 130 valence electrons. The van der Waals surface area contributed by atoms with Gasteiger partial charge in [0, 0.05) is 13.1 Å². The lowest BCUT2D eigenvalue weighted by Gasteiger charge is -2.30. The van der Waals surface area contributed by atoms with Crippen LogP contribution in [0.3, 0.4) is 0 Å². The zero-order valence-corrected chi connectivity index (χ0v) is 15.2. The molecule has 0 spiro atoms. The molecular formula is C18H32N4O. The molecule has 1 unspecified atom stereocenters. The predicted molar refractivity (Wildman–Crippen MR) is 98.0 cm³/mol. The maximum atomic E-state index is 5.98. The number of rotatable bonds is 9. The molecule has 23 heavy (non-hydrogen) atoms. The van der Waals surface area contributed by atoms with Gasteiger partial charge in [-0.15, -0.1) is 0 Å². The van der Waals surface area contributed by atoms with Crippen molar-refractivity contribution in [2.24, 2.45) is 16.6 Å². The first kappa shape index (κ1) is 19.3. The fourth-order valence-electron chi connectivity index (χ4n) is 2.51. The molecule has 0 radical (unpaired) electrons. The Bertz CT molecular complexity index is 484. The Morgan fingerprint density at radius 2 is 2.00 bits per heavy atom. The van der Waals surface area contributed by atoms with Crippen LogP contribution in [0.5, 0.6) is 5.75 Å². The Morgan fingerprint density at radius 3 is 2.57 bits per heavy atom. The molecule has 0 saturated carbocycles. The lowest BCUT2D eigenvalue weighted by molar-refractivity contribution is 0.218. The van der Waals surface area contributed by atoms with E-state index in [2.05, 4.69) is 55.0 Å². The first-order valence-electron chi connectivity index (χ1n) is 8.43. The number of guanidine groups is 1. The number of methoxy groups -OCH3 is 1. The summed E-state index contributed by atoms with van der Waals surface area (Å²) in [6, 6.07) is 8.45. The summed E-state index contributed by atoms with van der Waals surface area (Å²) in [5, 5.41) is 3.27. The van der Waals surface area contributed by atoms with Crippen LogP contribution in [0.25, 0.3) is 0 Å². The summed E-state index contributed by atoms with van der Waals surface area (Å²) in [7, 11) is 1.69. The normalized spacial score (nSPS) is 13.4. The topological polar surface area (TPSA) is 62.9 Å². The van der Waals surface area contributed by atoms with E-state index in [-0.39, 0.29) is 6.04 Å². The molecular weight excluding hydrogens is 288 g/mol. The average Bonchev–Trinajstić information content (AvgIpc) is 2.56. The Labute approximate surface area is 140 Å². The van der Waals surface area contributed by atoms with Gasteiger partial charge in [0.05, 0.1) is 13.2 Å². The Morgan fingerprint density at radius 1 is 1.30 bits per heavy atom. The summed E-state index contributed by atoms with van der Waals surface area (Å²) >= 11 is 0. The van der Waals surface area contributed by atoms with Crippen LogP contribution < -0.4 is 15.8 Å². The Hall–Kier alpha value is -1.75. The molecule has 0 aromatic heterocycles. The third-order valence-corrected chi connectivity index (χ3v) is 3.84. The first-order chi connectivity index (χ1) is 11.0. The van der Waals surface area contributed by atoms with Gasteiger partial charge in [-0.2, -0.15) is 0 Å². The maximum Gasteiger partial charge on any atom is 0.188 e. The van der Waals surface area contributed by atoms with Gasteiger partial charge in [-0.1, -0.05) is 39.8 Å². The van der Waals surface area contributed by atoms with Crippen LogP contribution in [-0.4, -0.2) is 44.1 Å². The van der Waals surface area contributed by atoms with E-state index in [0.717, 1.165) is 31.9 Å². The zero-order valence-electron chi connectivity index (χ0n) is 15.2. The summed E-state index contributed by atoms with van der Waals surface area (Å²) in [5.41, 5.74) is 7.20. The number of ether oxygens (including phenoxy) is 1. The SMILES string of the molecule is CCN(CC)C(CNC(N)=NCC(C)C)c1cccc(OC)c1. The van der Waals surface area contributed by atoms with Crippen LogP contribution in [0, 0.1) is 5.92 Å². The van der Waals surface area contributed by atoms with E-state index in [1.54, 1.807) is 7.11 Å². The highest BCUT2D eigenvalue weighted by Crippen LogP contribution is 2.23. The van der Waals surface area contributed by atoms with Crippen molar-refractivity contribution in [2.75, 3.05) is 33.3 Å². The average molecular weight is 320 g/mol. The molecule has 0 aliphatic carbocycles. The van der Waals surface area contributed by atoms with Crippen molar-refractivity contribution in [1.82, 2.24) is 10.2 Å². The fourth-order valence-corrected chi connectivity index (χ4v) is 2.51. The minimum absolute atomic E-state index is 0.230. The molecule has 0 heterocycles. The minimum Gasteiger partial charge on any atom is -0.497 e. The molecule has 0 fully saturated rings. The third kappa shape index (κ3) is 6.48. The molecule has 5 heteroatoms. The second kappa shape index (κ2) is 10.1. The largest absolute Gasteiger partial charge is 0.497 e. The quantitative estimate of drug-likeness (QED) is 0.542. The summed E-state index contributed by atoms with van der Waals surface area (Å²) in [6.45, 7) is 12.0. The zero-order chi connectivity index (χ0) is 17.2. The predicted octanol–water partition coefficient (Wildman–Crippen LogP) is 2.64. The molecule has 1 rings (SSSR count). The molecule has 3 N–H and O–H groups in total. The van der Waals surface area contributed by atoms with E-state index in [1.807, 2.05) is 12.1 Å². The highest BCUT2D eigenvalue weighted by molar-refractivity contribution is 5.77. The van der Waals surface area contributed by atoms with Crippen molar-refractivity contribution in [3.8, 4) is 5.75 Å². The molecule has 1 atom stereocenters. The van der Waals surface area contributed by atoms with Crippen LogP contribution >= 0.6 is 0 Å². The molecule has 0 aliphatic rings. The molecule has 0 saturated heterocycles. The summed E-state index contributed by atoms with van der Waals surface area (Å²) in [5.74, 6) is 1.90. The monoisotopic (exact) mass is 320 g/mol. The molecule has 1 aromatic carbocycles. The van der Waals surface area contributed by atoms with E-state index >= 15 is 0 Å². The van der Waals surface area contributed by atoms with Crippen LogP contribution in [0.15, 0.2) is 29.3 Å². The molecule has 0 aliphatic heterocycles. The van der Waals surface area contributed by atoms with Crippen molar-refractivity contribution < 1.29 is 4.74 Å². The van der Waals surface area contributed by atoms with Gasteiger partial charge >= 0.3 is 0 Å². The first-order valence-corrected chi connectivity index (χ1v) is 8.43. The second-order valence-corrected chi connectivity index (χ2v) is 6.01. The van der Waals surface area contributed by atoms with Crippen LogP contribution in [-0.2, 0) is 0 Å². The number of hydrogen-bond acceptors (Lipinski definition) is 3. The second-order valence-electron chi connectivity index (χ2n) is 6.01. The number of likely N-dealkylation sites (N-methyl/N-ethyl adjacent to an activating group) is 1. The summed E-state index contributed by atoms with van der Waals surface area (Å²) < 4.78 is 5.36. The van der Waals surface area contributed by atoms with Crippen molar-refractivity contribution in [3.05, 3.63) is 29.8 Å². The van der Waals surface area contributed by atoms with Gasteiger partial charge in [0.1, 0.15) is 5.75 Å². The van der Waals surface area contributed by atoms with Crippen molar-refractivity contribution >= 4 is 5.96 Å². The number of benzene rings is 1. The van der Waals surface area contributed by atoms with Crippen molar-refractivity contribution in [3.63, 3.8) is 0 Å². The number of hydrogen-bond donors (Lipinski definition) is 2. The van der Waals surface area contributed by atoms with Gasteiger partial charge in [0.15, 0.2) is 5.96 Å². The number of aliphatic imine (C=N–C) groups is 1. The van der Waals surface area contributed by atoms with Gasteiger partial charge in [-0.05, 0) is 36.7 Å². The van der Waals surface area contributed by atoms with Gasteiger partial charge in [0.25, 0.3) is 0 Å². The lowest BCUT2D eigenvalue weighted by atomic mass is 10.0. The van der Waals surface area contributed by atoms with E-state index in [9.17, 15) is 0 Å². The van der Waals surface area contributed by atoms with Gasteiger partial charge in [-0.25, -0.2) is 0 Å². The van der Waals surface area contributed by atoms with Crippen molar-refractivity contribution in [1.29, 1.82) is 0 Å². The third-order valence-electron chi connectivity index (χ3n) is 3.84. The van der Waals surface area contributed by atoms with E-state index in [4.69, 9.17) is 10.5 Å². The molecule has 0 amide bonds. The number of nitrogens with two attached hydrogens (primary N) is 1. The van der Waals surface area contributed by atoms with Gasteiger partial charge in [-0.3, -0.25) is 9.89 Å². The lowest BCUT2D eigenvalue weighted by Crippen LogP contribution is -2.41. The highest BCUT2D eigenvalue weighted by Gasteiger charge is 2.18. The van der Waals surface area contributed by atoms with E-state index in [1.165, 1.54) is 5.56 Å². The summed E-state index contributed by atoms with van der Waals surface area (Å²) in [4.78, 5) is 6.77. The Kier molecular flexibility index (Phi) is 8.48. The highest BCUT2D eigenvalue weighted by atomic mass is 16.5. The number of nitrogens with one attached hydrogen (secondary N) is 1. The van der Waals surface area contributed by atoms with E-state index in [0.29, 0.717) is 11.9 Å². The summed E-state index contributed by atoms with van der Waals surface area (Å²) in [6.07, 6.45) is 0. The van der Waals surface area contributed by atoms with Gasteiger partial charge < -0.3 is 15.8 Å². The van der Waals surface area contributed by atoms with Crippen LogP contribution in [0.4, 0.5) is 0 Å². The Balaban J connectivity index is 2.86.